The van der Waals surface area contributed by atoms with Crippen LogP contribution in [0, 0.1) is 16.0 Å². The van der Waals surface area contributed by atoms with E-state index in [1.54, 1.807) is 0 Å². The van der Waals surface area contributed by atoms with Crippen molar-refractivity contribution in [2.75, 3.05) is 5.32 Å². The van der Waals surface area contributed by atoms with E-state index in [0.717, 1.165) is 12.8 Å². The number of aliphatic carboxylic acids is 1. The zero-order chi connectivity index (χ0) is 15.4. The number of carboxylic acid groups (broad SMARTS) is 1. The van der Waals surface area contributed by atoms with Gasteiger partial charge in [-0.25, -0.2) is 4.79 Å². The molecule has 0 radical (unpaired) electrons. The van der Waals surface area contributed by atoms with Crippen LogP contribution in [0.5, 0.6) is 0 Å². The largest absolute Gasteiger partial charge is 0.481 e. The summed E-state index contributed by atoms with van der Waals surface area (Å²) >= 11 is 0. The Morgan fingerprint density at radius 3 is 2.43 bits per heavy atom. The van der Waals surface area contributed by atoms with Gasteiger partial charge in [-0.05, 0) is 30.9 Å². The predicted molar refractivity (Wildman–Crippen MR) is 74.0 cm³/mol. The first-order valence-corrected chi connectivity index (χ1v) is 6.49. The van der Waals surface area contributed by atoms with Crippen molar-refractivity contribution in [1.29, 1.82) is 0 Å². The number of non-ortho nitro benzene ring substituents is 1. The van der Waals surface area contributed by atoms with E-state index in [-0.39, 0.29) is 24.1 Å². The number of carboxylic acids is 1. The zero-order valence-electron chi connectivity index (χ0n) is 11.1. The Morgan fingerprint density at radius 1 is 1.33 bits per heavy atom. The van der Waals surface area contributed by atoms with Gasteiger partial charge >= 0.3 is 12.0 Å². The third-order valence-corrected chi connectivity index (χ3v) is 3.24. The van der Waals surface area contributed by atoms with Crippen LogP contribution in [0.25, 0.3) is 0 Å². The van der Waals surface area contributed by atoms with E-state index in [2.05, 4.69) is 10.6 Å². The molecule has 0 heterocycles. The van der Waals surface area contributed by atoms with Gasteiger partial charge in [0.05, 0.1) is 11.3 Å². The third-order valence-electron chi connectivity index (χ3n) is 3.24. The minimum absolute atomic E-state index is 0.0670. The van der Waals surface area contributed by atoms with Crippen LogP contribution in [0.15, 0.2) is 24.3 Å². The fraction of sp³-hybridized carbons (Fsp3) is 0.385. The average Bonchev–Trinajstić information content (AvgIpc) is 3.22. The standard InChI is InChI=1S/C13H15N3O5/c17-12(18)7-11(8-1-2-8)15-13(19)14-9-3-5-10(6-4-9)16(20)21/h3-6,8,11H,1-2,7H2,(H,17,18)(H2,14,15,19). The molecule has 8 heteroatoms. The number of anilines is 1. The maximum absolute atomic E-state index is 11.8. The number of nitro benzene ring substituents is 1. The first kappa shape index (κ1) is 14.8. The molecule has 1 saturated carbocycles. The first-order valence-electron chi connectivity index (χ1n) is 6.49. The lowest BCUT2D eigenvalue weighted by Gasteiger charge is -2.16. The minimum atomic E-state index is -0.956. The van der Waals surface area contributed by atoms with Crippen molar-refractivity contribution in [3.63, 3.8) is 0 Å². The summed E-state index contributed by atoms with van der Waals surface area (Å²) in [7, 11) is 0. The quantitative estimate of drug-likeness (QED) is 0.546. The number of carbonyl (C=O) groups excluding carboxylic acids is 1. The number of amides is 2. The van der Waals surface area contributed by atoms with Gasteiger partial charge in [0.15, 0.2) is 0 Å². The second-order valence-corrected chi connectivity index (χ2v) is 4.94. The van der Waals surface area contributed by atoms with Crippen LogP contribution < -0.4 is 10.6 Å². The first-order chi connectivity index (χ1) is 9.95. The molecule has 1 fully saturated rings. The number of carbonyl (C=O) groups is 2. The van der Waals surface area contributed by atoms with Crippen molar-refractivity contribution in [3.05, 3.63) is 34.4 Å². The van der Waals surface area contributed by atoms with Gasteiger partial charge in [0.25, 0.3) is 5.69 Å². The lowest BCUT2D eigenvalue weighted by molar-refractivity contribution is -0.384. The molecule has 0 bridgehead atoms. The topological polar surface area (TPSA) is 122 Å². The van der Waals surface area contributed by atoms with Crippen LogP contribution in [0.2, 0.25) is 0 Å². The number of benzene rings is 1. The van der Waals surface area contributed by atoms with Crippen LogP contribution in [0.1, 0.15) is 19.3 Å². The molecule has 1 unspecified atom stereocenters. The number of nitro groups is 1. The van der Waals surface area contributed by atoms with E-state index in [4.69, 9.17) is 5.11 Å². The van der Waals surface area contributed by atoms with Crippen molar-refractivity contribution < 1.29 is 19.6 Å². The van der Waals surface area contributed by atoms with Crippen molar-refractivity contribution in [3.8, 4) is 0 Å². The number of nitrogens with zero attached hydrogens (tertiary/aromatic N) is 1. The van der Waals surface area contributed by atoms with E-state index < -0.39 is 16.9 Å². The van der Waals surface area contributed by atoms with Gasteiger partial charge in [-0.2, -0.15) is 0 Å². The minimum Gasteiger partial charge on any atom is -0.481 e. The lowest BCUT2D eigenvalue weighted by Crippen LogP contribution is -2.40. The fourth-order valence-electron chi connectivity index (χ4n) is 2.02. The normalized spacial score (nSPS) is 15.0. The third kappa shape index (κ3) is 4.44. The van der Waals surface area contributed by atoms with Crippen molar-refractivity contribution in [2.24, 2.45) is 5.92 Å². The molecule has 2 amide bonds. The van der Waals surface area contributed by atoms with Crippen LogP contribution in [0.3, 0.4) is 0 Å². The Kier molecular flexibility index (Phi) is 4.36. The van der Waals surface area contributed by atoms with Crippen LogP contribution >= 0.6 is 0 Å². The molecule has 1 aromatic carbocycles. The summed E-state index contributed by atoms with van der Waals surface area (Å²) in [4.78, 5) is 32.5. The van der Waals surface area contributed by atoms with Crippen LogP contribution in [-0.2, 0) is 4.79 Å². The highest BCUT2D eigenvalue weighted by Crippen LogP contribution is 2.34. The van der Waals surface area contributed by atoms with Gasteiger partial charge in [-0.1, -0.05) is 0 Å². The molecular formula is C13H15N3O5. The molecule has 3 N–H and O–H groups in total. The Labute approximate surface area is 120 Å². The molecule has 2 rings (SSSR count). The molecular weight excluding hydrogens is 278 g/mol. The molecule has 1 aliphatic carbocycles. The average molecular weight is 293 g/mol. The Hall–Kier alpha value is -2.64. The van der Waals surface area contributed by atoms with Crippen molar-refractivity contribution in [2.45, 2.75) is 25.3 Å². The molecule has 112 valence electrons. The Morgan fingerprint density at radius 2 is 1.95 bits per heavy atom. The van der Waals surface area contributed by atoms with E-state index in [1.165, 1.54) is 24.3 Å². The number of nitrogens with one attached hydrogen (secondary N) is 2. The van der Waals surface area contributed by atoms with Gasteiger partial charge in [-0.3, -0.25) is 14.9 Å². The maximum atomic E-state index is 11.8. The molecule has 1 atom stereocenters. The molecule has 0 aromatic heterocycles. The SMILES string of the molecule is O=C(O)CC(NC(=O)Nc1ccc([N+](=O)[O-])cc1)C1CC1. The summed E-state index contributed by atoms with van der Waals surface area (Å²) in [6.45, 7) is 0. The van der Waals surface area contributed by atoms with E-state index in [0.29, 0.717) is 5.69 Å². The van der Waals surface area contributed by atoms with Gasteiger partial charge in [0.1, 0.15) is 0 Å². The number of urea groups is 1. The second-order valence-electron chi connectivity index (χ2n) is 4.94. The summed E-state index contributed by atoms with van der Waals surface area (Å²) < 4.78 is 0. The van der Waals surface area contributed by atoms with Gasteiger partial charge in [-0.15, -0.1) is 0 Å². The van der Waals surface area contributed by atoms with Crippen LogP contribution in [-0.4, -0.2) is 28.1 Å². The second kappa shape index (κ2) is 6.21. The maximum Gasteiger partial charge on any atom is 0.319 e. The lowest BCUT2D eigenvalue weighted by atomic mass is 10.1. The smallest absolute Gasteiger partial charge is 0.319 e. The highest BCUT2D eigenvalue weighted by Gasteiger charge is 2.33. The van der Waals surface area contributed by atoms with Crippen LogP contribution in [0.4, 0.5) is 16.2 Å². The summed E-state index contributed by atoms with van der Waals surface area (Å²) in [5.74, 6) is -0.744. The molecule has 0 spiro atoms. The van der Waals surface area contributed by atoms with E-state index in [1.807, 2.05) is 0 Å². The molecule has 1 aromatic rings. The van der Waals surface area contributed by atoms with Gasteiger partial charge in [0, 0.05) is 23.9 Å². The number of hydrogen-bond acceptors (Lipinski definition) is 4. The molecule has 0 saturated heterocycles. The Balaban J connectivity index is 1.90. The summed E-state index contributed by atoms with van der Waals surface area (Å²) in [6.07, 6.45) is 1.71. The van der Waals surface area contributed by atoms with Crippen molar-refractivity contribution >= 4 is 23.4 Å². The predicted octanol–water partition coefficient (Wildman–Crippen LogP) is 1.97. The van der Waals surface area contributed by atoms with E-state index in [9.17, 15) is 19.7 Å². The Bertz CT molecular complexity index is 553. The molecule has 8 nitrogen and oxygen atoms in total. The highest BCUT2D eigenvalue weighted by atomic mass is 16.6. The molecule has 21 heavy (non-hydrogen) atoms. The molecule has 1 aliphatic rings. The summed E-state index contributed by atoms with van der Waals surface area (Å²) in [6, 6.07) is 4.50. The van der Waals surface area contributed by atoms with E-state index >= 15 is 0 Å². The summed E-state index contributed by atoms with van der Waals surface area (Å²) in [5.41, 5.74) is 0.339. The van der Waals surface area contributed by atoms with Gasteiger partial charge in [0.2, 0.25) is 0 Å². The van der Waals surface area contributed by atoms with Gasteiger partial charge < -0.3 is 15.7 Å². The number of hydrogen-bond donors (Lipinski definition) is 3. The fourth-order valence-corrected chi connectivity index (χ4v) is 2.02. The zero-order valence-corrected chi connectivity index (χ0v) is 11.1. The molecule has 0 aliphatic heterocycles. The summed E-state index contributed by atoms with van der Waals surface area (Å²) in [5, 5.41) is 24.5. The monoisotopic (exact) mass is 293 g/mol. The van der Waals surface area contributed by atoms with Crippen molar-refractivity contribution in [1.82, 2.24) is 5.32 Å². The highest BCUT2D eigenvalue weighted by molar-refractivity contribution is 5.89. The number of rotatable bonds is 6.